The fourth-order valence-electron chi connectivity index (χ4n) is 1.52. The van der Waals surface area contributed by atoms with Gasteiger partial charge in [-0.3, -0.25) is 9.59 Å². The van der Waals surface area contributed by atoms with Gasteiger partial charge >= 0.3 is 0 Å². The quantitative estimate of drug-likeness (QED) is 0.779. The predicted octanol–water partition coefficient (Wildman–Crippen LogP) is 0.757. The minimum absolute atomic E-state index is 0.0499. The van der Waals surface area contributed by atoms with Gasteiger partial charge in [0.2, 0.25) is 5.91 Å². The molecule has 15 heavy (non-hydrogen) atoms. The van der Waals surface area contributed by atoms with E-state index in [1.165, 1.54) is 11.3 Å². The smallest absolute Gasteiger partial charge is 0.261 e. The van der Waals surface area contributed by atoms with Crippen molar-refractivity contribution in [2.45, 2.75) is 18.9 Å². The van der Waals surface area contributed by atoms with E-state index in [1.807, 2.05) is 11.4 Å². The van der Waals surface area contributed by atoms with Crippen molar-refractivity contribution in [3.8, 4) is 0 Å². The average Bonchev–Trinajstić information content (AvgIpc) is 2.74. The first kappa shape index (κ1) is 10.2. The van der Waals surface area contributed by atoms with Gasteiger partial charge < -0.3 is 10.6 Å². The average molecular weight is 224 g/mol. The fourth-order valence-corrected chi connectivity index (χ4v) is 2.15. The number of hydrogen-bond donors (Lipinski definition) is 2. The van der Waals surface area contributed by atoms with E-state index in [4.69, 9.17) is 0 Å². The van der Waals surface area contributed by atoms with Gasteiger partial charge in [0, 0.05) is 19.0 Å². The molecule has 1 atom stereocenters. The van der Waals surface area contributed by atoms with E-state index in [0.29, 0.717) is 17.8 Å². The SMILES string of the molecule is O=C1CCC(NC(=O)c2cccs2)CN1. The normalized spacial score (nSPS) is 20.8. The first-order valence-corrected chi connectivity index (χ1v) is 5.75. The lowest BCUT2D eigenvalue weighted by molar-refractivity contribution is -0.122. The Morgan fingerprint density at radius 1 is 1.60 bits per heavy atom. The third kappa shape index (κ3) is 2.56. The Labute approximate surface area is 91.7 Å². The summed E-state index contributed by atoms with van der Waals surface area (Å²) in [5, 5.41) is 7.50. The Morgan fingerprint density at radius 3 is 3.07 bits per heavy atom. The molecule has 1 aromatic rings. The Morgan fingerprint density at radius 2 is 2.47 bits per heavy atom. The van der Waals surface area contributed by atoms with E-state index in [1.54, 1.807) is 6.07 Å². The van der Waals surface area contributed by atoms with Crippen molar-refractivity contribution in [2.24, 2.45) is 0 Å². The van der Waals surface area contributed by atoms with Gasteiger partial charge in [-0.25, -0.2) is 0 Å². The van der Waals surface area contributed by atoms with Crippen LogP contribution >= 0.6 is 11.3 Å². The highest BCUT2D eigenvalue weighted by atomic mass is 32.1. The van der Waals surface area contributed by atoms with Crippen LogP contribution < -0.4 is 10.6 Å². The molecule has 1 fully saturated rings. The monoisotopic (exact) mass is 224 g/mol. The lowest BCUT2D eigenvalue weighted by Gasteiger charge is -2.23. The number of carbonyl (C=O) groups is 2. The molecule has 0 radical (unpaired) electrons. The van der Waals surface area contributed by atoms with Gasteiger partial charge in [-0.1, -0.05) is 6.07 Å². The standard InChI is InChI=1S/C10H12N2O2S/c13-9-4-3-7(6-11-9)12-10(14)8-2-1-5-15-8/h1-2,5,7H,3-4,6H2,(H,11,13)(H,12,14). The number of thiophene rings is 1. The summed E-state index contributed by atoms with van der Waals surface area (Å²) in [5.41, 5.74) is 0. The summed E-state index contributed by atoms with van der Waals surface area (Å²) in [4.78, 5) is 23.3. The summed E-state index contributed by atoms with van der Waals surface area (Å²) in [5.74, 6) is 0.0165. The van der Waals surface area contributed by atoms with E-state index in [2.05, 4.69) is 10.6 Å². The highest BCUT2D eigenvalue weighted by Gasteiger charge is 2.20. The molecule has 1 aromatic heterocycles. The van der Waals surface area contributed by atoms with Gasteiger partial charge in [0.1, 0.15) is 0 Å². The highest BCUT2D eigenvalue weighted by molar-refractivity contribution is 7.12. The first-order valence-electron chi connectivity index (χ1n) is 4.87. The van der Waals surface area contributed by atoms with E-state index in [0.717, 1.165) is 6.42 Å². The Kier molecular flexibility index (Phi) is 3.01. The van der Waals surface area contributed by atoms with Crippen LogP contribution in [0.2, 0.25) is 0 Å². The minimum atomic E-state index is -0.0499. The van der Waals surface area contributed by atoms with Gasteiger partial charge in [-0.2, -0.15) is 0 Å². The number of amides is 2. The van der Waals surface area contributed by atoms with Gasteiger partial charge in [0.05, 0.1) is 4.88 Å². The van der Waals surface area contributed by atoms with Gasteiger partial charge in [-0.15, -0.1) is 11.3 Å². The summed E-state index contributed by atoms with van der Waals surface area (Å²) < 4.78 is 0. The maximum atomic E-state index is 11.6. The third-order valence-electron chi connectivity index (χ3n) is 2.35. The minimum Gasteiger partial charge on any atom is -0.354 e. The topological polar surface area (TPSA) is 58.2 Å². The molecule has 4 nitrogen and oxygen atoms in total. The third-order valence-corrected chi connectivity index (χ3v) is 3.21. The summed E-state index contributed by atoms with van der Waals surface area (Å²) >= 11 is 1.42. The van der Waals surface area contributed by atoms with Crippen molar-refractivity contribution in [1.82, 2.24) is 10.6 Å². The maximum Gasteiger partial charge on any atom is 0.261 e. The zero-order valence-corrected chi connectivity index (χ0v) is 8.97. The molecule has 2 rings (SSSR count). The number of hydrogen-bond acceptors (Lipinski definition) is 3. The molecule has 1 unspecified atom stereocenters. The van der Waals surface area contributed by atoms with E-state index < -0.39 is 0 Å². The summed E-state index contributed by atoms with van der Waals surface area (Å²) in [6.45, 7) is 0.538. The molecule has 1 aliphatic heterocycles. The summed E-state index contributed by atoms with van der Waals surface area (Å²) in [6.07, 6.45) is 1.22. The second-order valence-electron chi connectivity index (χ2n) is 3.49. The van der Waals surface area contributed by atoms with E-state index in [9.17, 15) is 9.59 Å². The molecule has 2 heterocycles. The first-order chi connectivity index (χ1) is 7.25. The van der Waals surface area contributed by atoms with Crippen LogP contribution in [0.15, 0.2) is 17.5 Å². The zero-order valence-electron chi connectivity index (χ0n) is 8.16. The van der Waals surface area contributed by atoms with Crippen molar-refractivity contribution in [1.29, 1.82) is 0 Å². The second kappa shape index (κ2) is 4.44. The van der Waals surface area contributed by atoms with Crippen molar-refractivity contribution in [3.63, 3.8) is 0 Å². The van der Waals surface area contributed by atoms with E-state index in [-0.39, 0.29) is 17.9 Å². The molecule has 0 spiro atoms. The van der Waals surface area contributed by atoms with Crippen LogP contribution in [0.3, 0.4) is 0 Å². The van der Waals surface area contributed by atoms with Crippen molar-refractivity contribution < 1.29 is 9.59 Å². The van der Waals surface area contributed by atoms with Crippen molar-refractivity contribution in [3.05, 3.63) is 22.4 Å². The van der Waals surface area contributed by atoms with Crippen LogP contribution in [0, 0.1) is 0 Å². The molecule has 0 aliphatic carbocycles. The zero-order chi connectivity index (χ0) is 10.7. The van der Waals surface area contributed by atoms with Crippen LogP contribution in [0.1, 0.15) is 22.5 Å². The highest BCUT2D eigenvalue weighted by Crippen LogP contribution is 2.10. The number of piperidine rings is 1. The Bertz CT molecular complexity index is 352. The fraction of sp³-hybridized carbons (Fsp3) is 0.400. The maximum absolute atomic E-state index is 11.6. The predicted molar refractivity (Wildman–Crippen MR) is 57.8 cm³/mol. The van der Waals surface area contributed by atoms with Crippen LogP contribution in [0.5, 0.6) is 0 Å². The second-order valence-corrected chi connectivity index (χ2v) is 4.44. The summed E-state index contributed by atoms with van der Waals surface area (Å²) in [6, 6.07) is 3.71. The number of nitrogens with one attached hydrogen (secondary N) is 2. The lowest BCUT2D eigenvalue weighted by atomic mass is 10.1. The van der Waals surface area contributed by atoms with Crippen molar-refractivity contribution in [2.75, 3.05) is 6.54 Å². The largest absolute Gasteiger partial charge is 0.354 e. The molecule has 0 aromatic carbocycles. The molecule has 80 valence electrons. The Balaban J connectivity index is 1.87. The van der Waals surface area contributed by atoms with Crippen LogP contribution in [-0.4, -0.2) is 24.4 Å². The molecule has 0 bridgehead atoms. The van der Waals surface area contributed by atoms with Gasteiger partial charge in [-0.05, 0) is 17.9 Å². The van der Waals surface area contributed by atoms with Crippen LogP contribution in [-0.2, 0) is 4.79 Å². The number of rotatable bonds is 2. The number of carbonyl (C=O) groups excluding carboxylic acids is 2. The molecular formula is C10H12N2O2S. The van der Waals surface area contributed by atoms with E-state index >= 15 is 0 Å². The van der Waals surface area contributed by atoms with Crippen LogP contribution in [0.4, 0.5) is 0 Å². The lowest BCUT2D eigenvalue weighted by Crippen LogP contribution is -2.47. The molecule has 2 N–H and O–H groups in total. The van der Waals surface area contributed by atoms with Crippen molar-refractivity contribution >= 4 is 23.2 Å². The molecule has 0 saturated carbocycles. The molecule has 1 saturated heterocycles. The molecule has 2 amide bonds. The molecular weight excluding hydrogens is 212 g/mol. The molecule has 5 heteroatoms. The molecule has 1 aliphatic rings. The van der Waals surface area contributed by atoms with Gasteiger partial charge in [0.25, 0.3) is 5.91 Å². The summed E-state index contributed by atoms with van der Waals surface area (Å²) in [7, 11) is 0. The van der Waals surface area contributed by atoms with Crippen LogP contribution in [0.25, 0.3) is 0 Å². The van der Waals surface area contributed by atoms with Gasteiger partial charge in [0.15, 0.2) is 0 Å². The Hall–Kier alpha value is -1.36.